The molecule has 18 heavy (non-hydrogen) atoms. The molecule has 5 heteroatoms. The summed E-state index contributed by atoms with van der Waals surface area (Å²) in [5, 5.41) is -1.40. The van der Waals surface area contributed by atoms with Crippen molar-refractivity contribution in [2.45, 2.75) is 17.6 Å². The van der Waals surface area contributed by atoms with E-state index in [-0.39, 0.29) is 0 Å². The fourth-order valence-electron chi connectivity index (χ4n) is 1.95. The van der Waals surface area contributed by atoms with Gasteiger partial charge in [0, 0.05) is 19.8 Å². The van der Waals surface area contributed by atoms with Crippen LogP contribution < -0.4 is 4.90 Å². The van der Waals surface area contributed by atoms with Crippen molar-refractivity contribution in [3.63, 3.8) is 0 Å². The molecule has 0 bridgehead atoms. The van der Waals surface area contributed by atoms with E-state index in [0.29, 0.717) is 0 Å². The van der Waals surface area contributed by atoms with Crippen molar-refractivity contribution in [2.24, 2.45) is 0 Å². The zero-order valence-corrected chi connectivity index (χ0v) is 11.6. The van der Waals surface area contributed by atoms with Crippen LogP contribution in [0.15, 0.2) is 24.3 Å². The summed E-state index contributed by atoms with van der Waals surface area (Å²) in [4.78, 5) is 13.6. The number of ether oxygens (including phenoxy) is 2. The van der Waals surface area contributed by atoms with Crippen LogP contribution in [0, 0.1) is 0 Å². The van der Waals surface area contributed by atoms with Crippen molar-refractivity contribution >= 4 is 23.3 Å². The number of epoxide rings is 1. The Morgan fingerprint density at radius 3 is 2.33 bits per heavy atom. The highest BCUT2D eigenvalue weighted by molar-refractivity contribution is 6.35. The zero-order chi connectivity index (χ0) is 13.6. The lowest BCUT2D eigenvalue weighted by Gasteiger charge is -2.14. The Balaban J connectivity index is 2.26. The Bertz CT molecular complexity index is 474. The molecule has 1 fully saturated rings. The van der Waals surface area contributed by atoms with Gasteiger partial charge in [0.2, 0.25) is 0 Å². The third-order valence-electron chi connectivity index (χ3n) is 3.30. The second kappa shape index (κ2) is 4.14. The van der Waals surface area contributed by atoms with Crippen LogP contribution in [-0.4, -0.2) is 32.2 Å². The zero-order valence-electron chi connectivity index (χ0n) is 10.9. The monoisotopic (exact) mass is 269 g/mol. The average molecular weight is 270 g/mol. The van der Waals surface area contributed by atoms with Crippen molar-refractivity contribution in [1.29, 1.82) is 0 Å². The molecular weight excluding hydrogens is 254 g/mol. The number of methoxy groups -OCH3 is 1. The quantitative estimate of drug-likeness (QED) is 0.479. The number of hydrogen-bond acceptors (Lipinski definition) is 4. The summed E-state index contributed by atoms with van der Waals surface area (Å²) in [5.41, 5.74) is 1.10. The molecule has 2 atom stereocenters. The summed E-state index contributed by atoms with van der Waals surface area (Å²) in [6, 6.07) is 7.72. The van der Waals surface area contributed by atoms with Gasteiger partial charge in [-0.05, 0) is 24.6 Å². The standard InChI is InChI=1S/C13H16ClNO3/c1-12(13(14,18-12)11(16)17-4)9-5-7-10(8-6-9)15(2)3/h5-8H,1-4H3. The highest BCUT2D eigenvalue weighted by atomic mass is 35.5. The minimum atomic E-state index is -1.40. The molecule has 0 spiro atoms. The number of anilines is 1. The van der Waals surface area contributed by atoms with Crippen molar-refractivity contribution in [3.8, 4) is 0 Å². The normalized spacial score (nSPS) is 29.8. The molecule has 0 amide bonds. The Labute approximate surface area is 111 Å². The maximum Gasteiger partial charge on any atom is 0.357 e. The summed E-state index contributed by atoms with van der Waals surface area (Å²) in [6.07, 6.45) is 0. The molecule has 1 aliphatic rings. The van der Waals surface area contributed by atoms with Crippen LogP contribution >= 0.6 is 11.6 Å². The van der Waals surface area contributed by atoms with Crippen molar-refractivity contribution in [1.82, 2.24) is 0 Å². The summed E-state index contributed by atoms with van der Waals surface area (Å²) >= 11 is 6.13. The first-order chi connectivity index (χ1) is 8.35. The number of alkyl halides is 1. The number of nitrogens with zero attached hydrogens (tertiary/aromatic N) is 1. The van der Waals surface area contributed by atoms with Crippen molar-refractivity contribution < 1.29 is 14.3 Å². The lowest BCUT2D eigenvalue weighted by Crippen LogP contribution is -2.26. The van der Waals surface area contributed by atoms with Crippen LogP contribution in [0.2, 0.25) is 0 Å². The fraction of sp³-hybridized carbons (Fsp3) is 0.462. The van der Waals surface area contributed by atoms with Gasteiger partial charge in [0.25, 0.3) is 5.06 Å². The number of esters is 1. The minimum Gasteiger partial charge on any atom is -0.466 e. The van der Waals surface area contributed by atoms with Crippen LogP contribution in [0.4, 0.5) is 5.69 Å². The van der Waals surface area contributed by atoms with E-state index in [1.54, 1.807) is 6.92 Å². The molecule has 1 aromatic rings. The number of rotatable bonds is 3. The van der Waals surface area contributed by atoms with E-state index in [9.17, 15) is 4.79 Å². The topological polar surface area (TPSA) is 42.1 Å². The molecule has 0 aliphatic carbocycles. The molecule has 98 valence electrons. The number of carbonyl (C=O) groups excluding carboxylic acids is 1. The third kappa shape index (κ3) is 1.76. The van der Waals surface area contributed by atoms with Gasteiger partial charge in [0.15, 0.2) is 0 Å². The summed E-state index contributed by atoms with van der Waals surface area (Å²) in [6.45, 7) is 1.78. The van der Waals surface area contributed by atoms with Gasteiger partial charge < -0.3 is 14.4 Å². The maximum absolute atomic E-state index is 11.6. The molecule has 0 aromatic heterocycles. The van der Waals surface area contributed by atoms with E-state index >= 15 is 0 Å². The van der Waals surface area contributed by atoms with Gasteiger partial charge in [-0.3, -0.25) is 0 Å². The van der Waals surface area contributed by atoms with Crippen LogP contribution in [0.25, 0.3) is 0 Å². The van der Waals surface area contributed by atoms with Gasteiger partial charge in [0.05, 0.1) is 7.11 Å². The third-order valence-corrected chi connectivity index (χ3v) is 3.89. The predicted molar refractivity (Wildman–Crippen MR) is 69.8 cm³/mol. The van der Waals surface area contributed by atoms with E-state index in [0.717, 1.165) is 11.3 Å². The van der Waals surface area contributed by atoms with E-state index in [4.69, 9.17) is 16.3 Å². The summed E-state index contributed by atoms with van der Waals surface area (Å²) in [7, 11) is 5.22. The molecule has 0 N–H and O–H groups in total. The minimum absolute atomic E-state index is 0.566. The number of benzene rings is 1. The van der Waals surface area contributed by atoms with Gasteiger partial charge in [0.1, 0.15) is 5.60 Å². The van der Waals surface area contributed by atoms with Gasteiger partial charge >= 0.3 is 5.97 Å². The highest BCUT2D eigenvalue weighted by Gasteiger charge is 2.73. The number of halogens is 1. The maximum atomic E-state index is 11.6. The smallest absolute Gasteiger partial charge is 0.357 e. The van der Waals surface area contributed by atoms with Crippen LogP contribution in [0.5, 0.6) is 0 Å². The van der Waals surface area contributed by atoms with E-state index in [1.807, 2.05) is 43.3 Å². The van der Waals surface area contributed by atoms with E-state index < -0.39 is 16.6 Å². The fourth-order valence-corrected chi connectivity index (χ4v) is 2.29. The molecule has 0 radical (unpaired) electrons. The first kappa shape index (κ1) is 13.2. The molecule has 1 aliphatic heterocycles. The molecule has 1 aromatic carbocycles. The Morgan fingerprint density at radius 2 is 1.89 bits per heavy atom. The molecule has 1 heterocycles. The van der Waals surface area contributed by atoms with Gasteiger partial charge in [-0.1, -0.05) is 23.7 Å². The Hall–Kier alpha value is -1.26. The average Bonchev–Trinajstić information content (AvgIpc) is 2.94. The lowest BCUT2D eigenvalue weighted by molar-refractivity contribution is -0.143. The van der Waals surface area contributed by atoms with Crippen molar-refractivity contribution in [2.75, 3.05) is 26.1 Å². The highest BCUT2D eigenvalue weighted by Crippen LogP contribution is 2.59. The predicted octanol–water partition coefficient (Wildman–Crippen LogP) is 2.11. The molecule has 0 saturated carbocycles. The second-order valence-corrected chi connectivity index (χ2v) is 5.20. The second-order valence-electron chi connectivity index (χ2n) is 4.66. The van der Waals surface area contributed by atoms with E-state index in [2.05, 4.69) is 4.74 Å². The largest absolute Gasteiger partial charge is 0.466 e. The van der Waals surface area contributed by atoms with Gasteiger partial charge in [-0.25, -0.2) is 4.79 Å². The van der Waals surface area contributed by atoms with Crippen LogP contribution in [0.3, 0.4) is 0 Å². The first-order valence-corrected chi connectivity index (χ1v) is 5.98. The number of hydrogen-bond donors (Lipinski definition) is 0. The first-order valence-electron chi connectivity index (χ1n) is 5.60. The van der Waals surface area contributed by atoms with Gasteiger partial charge in [-0.15, -0.1) is 0 Å². The number of carbonyl (C=O) groups is 1. The molecule has 4 nitrogen and oxygen atoms in total. The van der Waals surface area contributed by atoms with Crippen LogP contribution in [0.1, 0.15) is 12.5 Å². The molecule has 2 unspecified atom stereocenters. The summed E-state index contributed by atoms with van der Waals surface area (Å²) in [5.74, 6) is -0.566. The SMILES string of the molecule is COC(=O)C1(Cl)OC1(C)c1ccc(N(C)C)cc1. The molecular formula is C13H16ClNO3. The van der Waals surface area contributed by atoms with E-state index in [1.165, 1.54) is 7.11 Å². The molecule has 2 rings (SSSR count). The Kier molecular flexibility index (Phi) is 3.03. The van der Waals surface area contributed by atoms with Crippen LogP contribution in [-0.2, 0) is 19.9 Å². The lowest BCUT2D eigenvalue weighted by atomic mass is 9.96. The summed E-state index contributed by atoms with van der Waals surface area (Å²) < 4.78 is 10.1. The Morgan fingerprint density at radius 1 is 1.33 bits per heavy atom. The van der Waals surface area contributed by atoms with Gasteiger partial charge in [-0.2, -0.15) is 0 Å². The molecule has 1 saturated heterocycles. The van der Waals surface area contributed by atoms with Crippen molar-refractivity contribution in [3.05, 3.63) is 29.8 Å².